The summed E-state index contributed by atoms with van der Waals surface area (Å²) in [6.45, 7) is 3.74. The second kappa shape index (κ2) is 6.88. The van der Waals surface area contributed by atoms with Crippen LogP contribution in [-0.2, 0) is 0 Å². The molecule has 1 aromatic carbocycles. The Labute approximate surface area is 168 Å². The van der Waals surface area contributed by atoms with Crippen LogP contribution in [0.4, 0.5) is 5.13 Å². The van der Waals surface area contributed by atoms with Crippen LogP contribution >= 0.6 is 34.5 Å². The molecule has 3 aromatic heterocycles. The molecule has 1 N–H and O–H groups in total. The van der Waals surface area contributed by atoms with Crippen molar-refractivity contribution < 1.29 is 4.79 Å². The third kappa shape index (κ3) is 3.51. The average Bonchev–Trinajstić information content (AvgIpc) is 3.22. The van der Waals surface area contributed by atoms with Gasteiger partial charge in [0.15, 0.2) is 5.13 Å². The minimum Gasteiger partial charge on any atom is -0.295 e. The molecule has 0 spiro atoms. The number of aromatic nitrogens is 5. The van der Waals surface area contributed by atoms with Gasteiger partial charge in [-0.15, -0.1) is 16.4 Å². The Morgan fingerprint density at radius 1 is 1.15 bits per heavy atom. The zero-order chi connectivity index (χ0) is 19.1. The molecule has 7 nitrogen and oxygen atoms in total. The van der Waals surface area contributed by atoms with Crippen molar-refractivity contribution in [3.63, 3.8) is 0 Å². The summed E-state index contributed by atoms with van der Waals surface area (Å²) in [6, 6.07) is 7.03. The van der Waals surface area contributed by atoms with Crippen LogP contribution < -0.4 is 5.32 Å². The summed E-state index contributed by atoms with van der Waals surface area (Å²) in [5.74, 6) is -0.0523. The standard InChI is InChI=1S/C17H12Cl2N6OS/c1-8-5-9(2)25-16(20-8)22-14(24-25)15(26)23-17-21-13(7-27-17)11-4-3-10(18)6-12(11)19/h3-7H,1-2H3,(H,21,23,26). The van der Waals surface area contributed by atoms with Crippen molar-refractivity contribution in [3.05, 3.63) is 56.9 Å². The van der Waals surface area contributed by atoms with Crippen molar-refractivity contribution in [2.75, 3.05) is 5.32 Å². The molecule has 136 valence electrons. The van der Waals surface area contributed by atoms with Gasteiger partial charge in [0.25, 0.3) is 11.7 Å². The molecule has 0 bridgehead atoms. The average molecular weight is 419 g/mol. The largest absolute Gasteiger partial charge is 0.297 e. The van der Waals surface area contributed by atoms with Crippen LogP contribution in [0.2, 0.25) is 10.0 Å². The number of carbonyl (C=O) groups is 1. The SMILES string of the molecule is Cc1cc(C)n2nc(C(=O)Nc3nc(-c4ccc(Cl)cc4Cl)cs3)nc2n1. The van der Waals surface area contributed by atoms with Gasteiger partial charge in [-0.25, -0.2) is 14.5 Å². The van der Waals surface area contributed by atoms with E-state index in [1.807, 2.05) is 19.9 Å². The van der Waals surface area contributed by atoms with Crippen molar-refractivity contribution in [2.24, 2.45) is 0 Å². The summed E-state index contributed by atoms with van der Waals surface area (Å²) in [6.07, 6.45) is 0. The summed E-state index contributed by atoms with van der Waals surface area (Å²) < 4.78 is 1.53. The predicted molar refractivity (Wildman–Crippen MR) is 106 cm³/mol. The summed E-state index contributed by atoms with van der Waals surface area (Å²) in [5, 5.41) is 10.2. The van der Waals surface area contributed by atoms with E-state index in [1.54, 1.807) is 23.6 Å². The Kier molecular flexibility index (Phi) is 4.55. The van der Waals surface area contributed by atoms with E-state index >= 15 is 0 Å². The predicted octanol–water partition coefficient (Wildman–Crippen LogP) is 4.42. The number of thiazole rings is 1. The van der Waals surface area contributed by atoms with Gasteiger partial charge in [-0.1, -0.05) is 23.2 Å². The summed E-state index contributed by atoms with van der Waals surface area (Å²) >= 11 is 13.4. The molecule has 0 unspecified atom stereocenters. The Morgan fingerprint density at radius 2 is 1.96 bits per heavy atom. The lowest BCUT2D eigenvalue weighted by Crippen LogP contribution is -2.13. The Morgan fingerprint density at radius 3 is 2.74 bits per heavy atom. The number of nitrogens with zero attached hydrogens (tertiary/aromatic N) is 5. The maximum Gasteiger partial charge on any atom is 0.297 e. The fraction of sp³-hybridized carbons (Fsp3) is 0.118. The lowest BCUT2D eigenvalue weighted by atomic mass is 10.2. The van der Waals surface area contributed by atoms with Gasteiger partial charge in [0, 0.05) is 27.4 Å². The molecular formula is C17H12Cl2N6OS. The first-order valence-electron chi connectivity index (χ1n) is 7.84. The number of anilines is 1. The fourth-order valence-corrected chi connectivity index (χ4v) is 3.78. The highest BCUT2D eigenvalue weighted by Crippen LogP contribution is 2.32. The number of halogens is 2. The van der Waals surface area contributed by atoms with Gasteiger partial charge in [0.2, 0.25) is 5.82 Å². The van der Waals surface area contributed by atoms with E-state index in [4.69, 9.17) is 23.2 Å². The summed E-state index contributed by atoms with van der Waals surface area (Å²) in [5.41, 5.74) is 3.04. The van der Waals surface area contributed by atoms with Gasteiger partial charge in [-0.05, 0) is 38.1 Å². The number of hydrogen-bond acceptors (Lipinski definition) is 6. The number of nitrogens with one attached hydrogen (secondary N) is 1. The summed E-state index contributed by atoms with van der Waals surface area (Å²) in [7, 11) is 0. The molecule has 0 aliphatic carbocycles. The highest BCUT2D eigenvalue weighted by Gasteiger charge is 2.17. The maximum absolute atomic E-state index is 12.5. The van der Waals surface area contributed by atoms with Crippen molar-refractivity contribution in [2.45, 2.75) is 13.8 Å². The Bertz CT molecular complexity index is 1190. The molecule has 0 saturated heterocycles. The van der Waals surface area contributed by atoms with E-state index in [9.17, 15) is 4.79 Å². The van der Waals surface area contributed by atoms with Gasteiger partial charge in [-0.3, -0.25) is 10.1 Å². The lowest BCUT2D eigenvalue weighted by molar-refractivity contribution is 0.101. The quantitative estimate of drug-likeness (QED) is 0.531. The molecule has 0 saturated carbocycles. The first-order valence-corrected chi connectivity index (χ1v) is 9.47. The number of amides is 1. The molecule has 0 fully saturated rings. The van der Waals surface area contributed by atoms with E-state index in [-0.39, 0.29) is 5.82 Å². The zero-order valence-corrected chi connectivity index (χ0v) is 16.5. The lowest BCUT2D eigenvalue weighted by Gasteiger charge is -2.01. The van der Waals surface area contributed by atoms with Gasteiger partial charge in [-0.2, -0.15) is 4.98 Å². The molecule has 10 heteroatoms. The second-order valence-electron chi connectivity index (χ2n) is 5.80. The molecular weight excluding hydrogens is 407 g/mol. The molecule has 1 amide bonds. The number of benzene rings is 1. The second-order valence-corrected chi connectivity index (χ2v) is 7.50. The number of rotatable bonds is 3. The molecule has 3 heterocycles. The molecule has 0 aliphatic rings. The highest BCUT2D eigenvalue weighted by atomic mass is 35.5. The molecule has 27 heavy (non-hydrogen) atoms. The van der Waals surface area contributed by atoms with Crippen LogP contribution in [0.15, 0.2) is 29.6 Å². The van der Waals surface area contributed by atoms with E-state index in [2.05, 4.69) is 25.4 Å². The number of fused-ring (bicyclic) bond motifs is 1. The van der Waals surface area contributed by atoms with E-state index in [0.717, 1.165) is 17.0 Å². The van der Waals surface area contributed by atoms with Crippen molar-refractivity contribution in [3.8, 4) is 11.3 Å². The van der Waals surface area contributed by atoms with E-state index in [1.165, 1.54) is 15.9 Å². The zero-order valence-electron chi connectivity index (χ0n) is 14.2. The van der Waals surface area contributed by atoms with Gasteiger partial charge >= 0.3 is 0 Å². The Hall–Kier alpha value is -2.55. The molecule has 4 rings (SSSR count). The maximum atomic E-state index is 12.5. The normalized spacial score (nSPS) is 11.1. The first-order chi connectivity index (χ1) is 12.9. The van der Waals surface area contributed by atoms with Gasteiger partial charge in [0.1, 0.15) is 0 Å². The summed E-state index contributed by atoms with van der Waals surface area (Å²) in [4.78, 5) is 25.4. The monoisotopic (exact) mass is 418 g/mol. The minimum atomic E-state index is -0.458. The molecule has 0 atom stereocenters. The van der Waals surface area contributed by atoms with Crippen LogP contribution in [0.1, 0.15) is 22.0 Å². The Balaban J connectivity index is 1.59. The van der Waals surface area contributed by atoms with Crippen LogP contribution in [0.25, 0.3) is 17.0 Å². The third-order valence-electron chi connectivity index (χ3n) is 3.75. The van der Waals surface area contributed by atoms with Crippen LogP contribution in [0, 0.1) is 13.8 Å². The number of aryl methyl sites for hydroxylation is 2. The fourth-order valence-electron chi connectivity index (χ4n) is 2.57. The van der Waals surface area contributed by atoms with Crippen molar-refractivity contribution in [1.29, 1.82) is 0 Å². The van der Waals surface area contributed by atoms with E-state index in [0.29, 0.717) is 26.6 Å². The topological polar surface area (TPSA) is 85.1 Å². The van der Waals surface area contributed by atoms with Crippen LogP contribution in [0.3, 0.4) is 0 Å². The van der Waals surface area contributed by atoms with Crippen molar-refractivity contribution in [1.82, 2.24) is 24.6 Å². The van der Waals surface area contributed by atoms with Gasteiger partial charge in [0.05, 0.1) is 10.7 Å². The highest BCUT2D eigenvalue weighted by molar-refractivity contribution is 7.14. The van der Waals surface area contributed by atoms with Crippen LogP contribution in [-0.4, -0.2) is 30.5 Å². The molecule has 4 aromatic rings. The van der Waals surface area contributed by atoms with E-state index < -0.39 is 5.91 Å². The van der Waals surface area contributed by atoms with Gasteiger partial charge < -0.3 is 0 Å². The first kappa shape index (κ1) is 17.8. The third-order valence-corrected chi connectivity index (χ3v) is 5.06. The minimum absolute atomic E-state index is 0.0254. The number of hydrogen-bond donors (Lipinski definition) is 1. The molecule has 0 aliphatic heterocycles. The van der Waals surface area contributed by atoms with Crippen LogP contribution in [0.5, 0.6) is 0 Å². The van der Waals surface area contributed by atoms with Crippen molar-refractivity contribution >= 4 is 51.4 Å². The number of carbonyl (C=O) groups excluding carboxylic acids is 1. The smallest absolute Gasteiger partial charge is 0.295 e. The molecule has 0 radical (unpaired) electrons.